The van der Waals surface area contributed by atoms with Crippen LogP contribution in [0.25, 0.3) is 17.1 Å². The molecule has 11 heteroatoms. The number of rotatable bonds is 3. The quantitative estimate of drug-likeness (QED) is 0.452. The number of hydrogen-bond acceptors (Lipinski definition) is 4. The van der Waals surface area contributed by atoms with Crippen LogP contribution in [0.1, 0.15) is 16.1 Å². The van der Waals surface area contributed by atoms with Gasteiger partial charge in [0.25, 0.3) is 5.91 Å². The highest BCUT2D eigenvalue weighted by molar-refractivity contribution is 6.42. The normalized spacial score (nSPS) is 11.8. The van der Waals surface area contributed by atoms with Gasteiger partial charge >= 0.3 is 6.18 Å². The van der Waals surface area contributed by atoms with Gasteiger partial charge in [0.15, 0.2) is 17.1 Å². The van der Waals surface area contributed by atoms with Gasteiger partial charge < -0.3 is 9.73 Å². The number of hydrogen-bond donors (Lipinski definition) is 1. The van der Waals surface area contributed by atoms with Crippen LogP contribution in [0, 0.1) is 0 Å². The number of alkyl halides is 3. The molecule has 0 aliphatic carbocycles. The Morgan fingerprint density at radius 2 is 1.93 bits per heavy atom. The molecule has 0 bridgehead atoms. The van der Waals surface area contributed by atoms with Gasteiger partial charge in [0, 0.05) is 5.69 Å². The van der Waals surface area contributed by atoms with E-state index >= 15 is 0 Å². The van der Waals surface area contributed by atoms with Crippen molar-refractivity contribution in [3.05, 3.63) is 70.2 Å². The molecule has 0 fully saturated rings. The third-order valence-electron chi connectivity index (χ3n) is 3.96. The minimum atomic E-state index is -4.73. The molecule has 0 radical (unpaired) electrons. The van der Waals surface area contributed by atoms with Crippen molar-refractivity contribution < 1.29 is 22.4 Å². The maximum atomic E-state index is 13.5. The van der Waals surface area contributed by atoms with Gasteiger partial charge in [-0.1, -0.05) is 23.2 Å². The van der Waals surface area contributed by atoms with Crippen molar-refractivity contribution in [3.63, 3.8) is 0 Å². The number of furan rings is 1. The van der Waals surface area contributed by atoms with E-state index in [1.165, 1.54) is 36.6 Å². The van der Waals surface area contributed by atoms with Crippen LogP contribution in [-0.2, 0) is 6.18 Å². The number of halogens is 5. The van der Waals surface area contributed by atoms with Crippen molar-refractivity contribution in [3.8, 4) is 11.5 Å². The Morgan fingerprint density at radius 3 is 2.59 bits per heavy atom. The lowest BCUT2D eigenvalue weighted by Crippen LogP contribution is -2.15. The van der Waals surface area contributed by atoms with Gasteiger partial charge in [-0.3, -0.25) is 4.79 Å². The Labute approximate surface area is 170 Å². The van der Waals surface area contributed by atoms with E-state index < -0.39 is 17.8 Å². The molecule has 4 rings (SSSR count). The van der Waals surface area contributed by atoms with Crippen LogP contribution < -0.4 is 5.32 Å². The molecule has 3 heterocycles. The first-order valence-corrected chi connectivity index (χ1v) is 8.76. The molecule has 4 aromatic rings. The standard InChI is InChI=1S/C18H9Cl2F3N4O2/c19-11-4-3-9(6-12(11)20)25-17(28)10-8-24-27-15(18(21,22)23)7-13(26-16(10)27)14-2-1-5-29-14/h1-8H,(H,25,28). The Bertz CT molecular complexity index is 1220. The van der Waals surface area contributed by atoms with Crippen LogP contribution >= 0.6 is 23.2 Å². The third kappa shape index (κ3) is 3.66. The van der Waals surface area contributed by atoms with Gasteiger partial charge in [0.05, 0.1) is 22.5 Å². The van der Waals surface area contributed by atoms with Crippen LogP contribution in [0.2, 0.25) is 10.0 Å². The highest BCUT2D eigenvalue weighted by Crippen LogP contribution is 2.33. The smallest absolute Gasteiger partial charge is 0.433 e. The fourth-order valence-corrected chi connectivity index (χ4v) is 2.95. The van der Waals surface area contributed by atoms with Gasteiger partial charge in [-0.15, -0.1) is 0 Å². The minimum absolute atomic E-state index is 0.0843. The summed E-state index contributed by atoms with van der Waals surface area (Å²) < 4.78 is 46.3. The first-order valence-electron chi connectivity index (χ1n) is 8.00. The monoisotopic (exact) mass is 440 g/mol. The van der Waals surface area contributed by atoms with Crippen LogP contribution in [0.3, 0.4) is 0 Å². The second-order valence-corrected chi connectivity index (χ2v) is 6.69. The summed E-state index contributed by atoms with van der Waals surface area (Å²) in [5.74, 6) is -0.592. The Kier molecular flexibility index (Phi) is 4.71. The number of anilines is 1. The number of carbonyl (C=O) groups is 1. The summed E-state index contributed by atoms with van der Waals surface area (Å²) >= 11 is 11.8. The van der Waals surface area contributed by atoms with E-state index in [0.717, 1.165) is 12.3 Å². The first-order chi connectivity index (χ1) is 13.7. The predicted octanol–water partition coefficient (Wildman–Crippen LogP) is 5.57. The number of carbonyl (C=O) groups excluding carboxylic acids is 1. The lowest BCUT2D eigenvalue weighted by atomic mass is 10.2. The fraction of sp³-hybridized carbons (Fsp3) is 0.0556. The maximum absolute atomic E-state index is 13.5. The van der Waals surface area contributed by atoms with Crippen LogP contribution in [-0.4, -0.2) is 20.5 Å². The average Bonchev–Trinajstić information content (AvgIpc) is 3.32. The molecule has 1 N–H and O–H groups in total. The highest BCUT2D eigenvalue weighted by Gasteiger charge is 2.36. The van der Waals surface area contributed by atoms with Crippen molar-refractivity contribution >= 4 is 40.4 Å². The molecular formula is C18H9Cl2F3N4O2. The molecule has 3 aromatic heterocycles. The summed E-state index contributed by atoms with van der Waals surface area (Å²) in [7, 11) is 0. The van der Waals surface area contributed by atoms with Crippen LogP contribution in [0.15, 0.2) is 53.3 Å². The number of aromatic nitrogens is 3. The summed E-state index contributed by atoms with van der Waals surface area (Å²) in [5, 5.41) is 6.74. The molecule has 0 aliphatic heterocycles. The molecule has 0 atom stereocenters. The van der Waals surface area contributed by atoms with Crippen LogP contribution in [0.5, 0.6) is 0 Å². The zero-order valence-corrected chi connectivity index (χ0v) is 15.7. The zero-order chi connectivity index (χ0) is 20.8. The number of benzene rings is 1. The lowest BCUT2D eigenvalue weighted by molar-refractivity contribution is -0.142. The number of amides is 1. The molecule has 29 heavy (non-hydrogen) atoms. The van der Waals surface area contributed by atoms with Crippen molar-refractivity contribution in [2.24, 2.45) is 0 Å². The highest BCUT2D eigenvalue weighted by atomic mass is 35.5. The topological polar surface area (TPSA) is 72.4 Å². The second-order valence-electron chi connectivity index (χ2n) is 5.88. The van der Waals surface area contributed by atoms with Crippen molar-refractivity contribution in [1.82, 2.24) is 14.6 Å². The predicted molar refractivity (Wildman–Crippen MR) is 100 cm³/mol. The van der Waals surface area contributed by atoms with E-state index in [2.05, 4.69) is 15.4 Å². The summed E-state index contributed by atoms with van der Waals surface area (Å²) in [4.78, 5) is 16.8. The number of fused-ring (bicyclic) bond motifs is 1. The SMILES string of the molecule is O=C(Nc1ccc(Cl)c(Cl)c1)c1cnn2c(C(F)(F)F)cc(-c3ccco3)nc12. The lowest BCUT2D eigenvalue weighted by Gasteiger charge is -2.11. The van der Waals surface area contributed by atoms with Crippen molar-refractivity contribution in [1.29, 1.82) is 0 Å². The van der Waals surface area contributed by atoms with Crippen molar-refractivity contribution in [2.75, 3.05) is 5.32 Å². The third-order valence-corrected chi connectivity index (χ3v) is 4.70. The van der Waals surface area contributed by atoms with Gasteiger partial charge in [-0.2, -0.15) is 18.3 Å². The zero-order valence-electron chi connectivity index (χ0n) is 14.2. The van der Waals surface area contributed by atoms with Gasteiger partial charge in [0.2, 0.25) is 0 Å². The van der Waals surface area contributed by atoms with E-state index in [1.54, 1.807) is 0 Å². The molecule has 0 saturated carbocycles. The first kappa shape index (κ1) is 19.3. The fourth-order valence-electron chi connectivity index (χ4n) is 2.65. The molecule has 148 valence electrons. The molecule has 0 saturated heterocycles. The second kappa shape index (κ2) is 7.09. The number of nitrogens with zero attached hydrogens (tertiary/aromatic N) is 3. The van der Waals surface area contributed by atoms with E-state index in [9.17, 15) is 18.0 Å². The molecule has 0 spiro atoms. The van der Waals surface area contributed by atoms with Gasteiger partial charge in [-0.25, -0.2) is 9.50 Å². The molecule has 0 aliphatic rings. The Hall–Kier alpha value is -3.04. The minimum Gasteiger partial charge on any atom is -0.463 e. The van der Waals surface area contributed by atoms with E-state index in [0.29, 0.717) is 15.2 Å². The van der Waals surface area contributed by atoms with Gasteiger partial charge in [0.1, 0.15) is 11.3 Å². The summed E-state index contributed by atoms with van der Waals surface area (Å²) in [6.45, 7) is 0. The maximum Gasteiger partial charge on any atom is 0.433 e. The number of nitrogens with one attached hydrogen (secondary N) is 1. The van der Waals surface area contributed by atoms with E-state index in [1.807, 2.05) is 0 Å². The molecule has 0 unspecified atom stereocenters. The largest absolute Gasteiger partial charge is 0.463 e. The summed E-state index contributed by atoms with van der Waals surface area (Å²) in [6.07, 6.45) is -2.41. The van der Waals surface area contributed by atoms with Crippen LogP contribution in [0.4, 0.5) is 18.9 Å². The van der Waals surface area contributed by atoms with Gasteiger partial charge in [-0.05, 0) is 36.4 Å². The Morgan fingerprint density at radius 1 is 1.14 bits per heavy atom. The summed E-state index contributed by atoms with van der Waals surface area (Å²) in [5.41, 5.74) is -1.30. The molecular weight excluding hydrogens is 432 g/mol. The molecule has 6 nitrogen and oxygen atoms in total. The Balaban J connectivity index is 1.81. The molecule has 1 aromatic carbocycles. The average molecular weight is 441 g/mol. The van der Waals surface area contributed by atoms with E-state index in [-0.39, 0.29) is 27.7 Å². The molecule has 1 amide bonds. The van der Waals surface area contributed by atoms with Crippen molar-refractivity contribution in [2.45, 2.75) is 6.18 Å². The van der Waals surface area contributed by atoms with E-state index in [4.69, 9.17) is 27.6 Å². The summed E-state index contributed by atoms with van der Waals surface area (Å²) in [6, 6.07) is 8.18.